The lowest BCUT2D eigenvalue weighted by Gasteiger charge is -2.13. The minimum atomic E-state index is -0.747. The predicted octanol–water partition coefficient (Wildman–Crippen LogP) is 0.322. The molecule has 86 valence electrons. The van der Waals surface area contributed by atoms with Crippen molar-refractivity contribution in [3.63, 3.8) is 0 Å². The van der Waals surface area contributed by atoms with Crippen LogP contribution < -0.4 is 5.73 Å². The topological polar surface area (TPSA) is 83.6 Å². The highest BCUT2D eigenvalue weighted by Crippen LogP contribution is 2.01. The molecule has 0 aromatic heterocycles. The molecule has 1 aromatic rings. The van der Waals surface area contributed by atoms with Gasteiger partial charge in [0.05, 0.1) is 6.54 Å². The summed E-state index contributed by atoms with van der Waals surface area (Å²) in [5.41, 5.74) is 5.85. The third kappa shape index (κ3) is 4.10. The highest BCUT2D eigenvalue weighted by atomic mass is 16.5. The van der Waals surface area contributed by atoms with Gasteiger partial charge in [0.25, 0.3) is 5.91 Å². The van der Waals surface area contributed by atoms with E-state index in [1.54, 1.807) is 0 Å². The van der Waals surface area contributed by atoms with E-state index in [9.17, 15) is 14.8 Å². The summed E-state index contributed by atoms with van der Waals surface area (Å²) < 4.78 is 0. The Labute approximate surface area is 93.4 Å². The normalized spacial score (nSPS) is 9.81. The van der Waals surface area contributed by atoms with Crippen LogP contribution in [0.4, 0.5) is 0 Å². The van der Waals surface area contributed by atoms with Crippen LogP contribution in [0.25, 0.3) is 0 Å². The summed E-state index contributed by atoms with van der Waals surface area (Å²) in [7, 11) is 0. The number of carbonyl (C=O) groups excluding carboxylic acids is 2. The molecular weight excluding hydrogens is 208 g/mol. The lowest BCUT2D eigenvalue weighted by molar-refractivity contribution is -0.166. The van der Waals surface area contributed by atoms with Crippen molar-refractivity contribution in [3.8, 4) is 0 Å². The molecule has 16 heavy (non-hydrogen) atoms. The summed E-state index contributed by atoms with van der Waals surface area (Å²) >= 11 is 0. The molecule has 0 atom stereocenters. The Morgan fingerprint density at radius 1 is 1.25 bits per heavy atom. The number of amides is 2. The zero-order chi connectivity index (χ0) is 12.0. The van der Waals surface area contributed by atoms with Gasteiger partial charge in [0.15, 0.2) is 0 Å². The molecule has 0 aliphatic rings. The van der Waals surface area contributed by atoms with Gasteiger partial charge in [-0.15, -0.1) is 0 Å². The van der Waals surface area contributed by atoms with Gasteiger partial charge in [0.2, 0.25) is 5.91 Å². The van der Waals surface area contributed by atoms with Crippen molar-refractivity contribution in [1.29, 1.82) is 0 Å². The average Bonchev–Trinajstić information content (AvgIpc) is 2.26. The maximum absolute atomic E-state index is 11.1. The first-order chi connectivity index (χ1) is 7.59. The van der Waals surface area contributed by atoms with E-state index < -0.39 is 18.2 Å². The van der Waals surface area contributed by atoms with Crippen molar-refractivity contribution in [1.82, 2.24) is 5.06 Å². The van der Waals surface area contributed by atoms with Crippen LogP contribution in [-0.2, 0) is 16.0 Å². The lowest BCUT2D eigenvalue weighted by atomic mass is 10.1. The van der Waals surface area contributed by atoms with Crippen LogP contribution in [0.15, 0.2) is 30.3 Å². The average molecular weight is 222 g/mol. The number of nitrogens with two attached hydrogens (primary N) is 1. The maximum atomic E-state index is 11.1. The molecular formula is C11H14N2O3. The molecule has 0 unspecified atom stereocenters. The second-order valence-corrected chi connectivity index (χ2v) is 3.40. The van der Waals surface area contributed by atoms with Crippen LogP contribution in [0.2, 0.25) is 0 Å². The SMILES string of the molecule is NC(=O)CC(=O)N(O)CCc1ccccc1. The number of primary amides is 1. The molecule has 0 radical (unpaired) electrons. The number of hydroxylamine groups is 2. The molecule has 0 saturated heterocycles. The molecule has 1 aromatic carbocycles. The van der Waals surface area contributed by atoms with Gasteiger partial charge in [0, 0.05) is 0 Å². The first kappa shape index (κ1) is 12.2. The zero-order valence-electron chi connectivity index (χ0n) is 8.80. The fraction of sp³-hybridized carbons (Fsp3) is 0.273. The smallest absolute Gasteiger partial charge is 0.255 e. The van der Waals surface area contributed by atoms with Crippen LogP contribution in [-0.4, -0.2) is 28.6 Å². The fourth-order valence-electron chi connectivity index (χ4n) is 1.24. The van der Waals surface area contributed by atoms with Gasteiger partial charge in [-0.2, -0.15) is 0 Å². The third-order valence-corrected chi connectivity index (χ3v) is 2.07. The van der Waals surface area contributed by atoms with E-state index in [4.69, 9.17) is 5.73 Å². The Balaban J connectivity index is 2.38. The number of benzene rings is 1. The maximum Gasteiger partial charge on any atom is 0.255 e. The van der Waals surface area contributed by atoms with Crippen LogP contribution in [0, 0.1) is 0 Å². The molecule has 0 heterocycles. The van der Waals surface area contributed by atoms with Crippen molar-refractivity contribution >= 4 is 11.8 Å². The van der Waals surface area contributed by atoms with Gasteiger partial charge in [-0.3, -0.25) is 14.8 Å². The molecule has 0 aliphatic heterocycles. The number of rotatable bonds is 5. The van der Waals surface area contributed by atoms with Gasteiger partial charge in [-0.25, -0.2) is 5.06 Å². The van der Waals surface area contributed by atoms with E-state index >= 15 is 0 Å². The first-order valence-electron chi connectivity index (χ1n) is 4.91. The second-order valence-electron chi connectivity index (χ2n) is 3.40. The molecule has 0 spiro atoms. The van der Waals surface area contributed by atoms with Crippen molar-refractivity contribution in [2.24, 2.45) is 5.73 Å². The van der Waals surface area contributed by atoms with E-state index in [-0.39, 0.29) is 6.54 Å². The summed E-state index contributed by atoms with van der Waals surface area (Å²) in [4.78, 5) is 21.6. The van der Waals surface area contributed by atoms with E-state index in [0.29, 0.717) is 11.5 Å². The summed E-state index contributed by atoms with van der Waals surface area (Å²) in [5, 5.41) is 9.83. The number of carbonyl (C=O) groups is 2. The summed E-state index contributed by atoms with van der Waals surface area (Å²) in [6, 6.07) is 9.43. The fourth-order valence-corrected chi connectivity index (χ4v) is 1.24. The Kier molecular flexibility index (Phi) is 4.47. The monoisotopic (exact) mass is 222 g/mol. The number of hydrogen-bond donors (Lipinski definition) is 2. The first-order valence-corrected chi connectivity index (χ1v) is 4.91. The number of hydrogen-bond acceptors (Lipinski definition) is 3. The molecule has 0 aliphatic carbocycles. The van der Waals surface area contributed by atoms with Gasteiger partial charge >= 0.3 is 0 Å². The largest absolute Gasteiger partial charge is 0.369 e. The van der Waals surface area contributed by atoms with Crippen LogP contribution in [0.3, 0.4) is 0 Å². The van der Waals surface area contributed by atoms with Crippen LogP contribution in [0.1, 0.15) is 12.0 Å². The number of nitrogens with zero attached hydrogens (tertiary/aromatic N) is 1. The summed E-state index contributed by atoms with van der Waals surface area (Å²) in [6.07, 6.45) is 0.0626. The van der Waals surface area contributed by atoms with E-state index in [2.05, 4.69) is 0 Å². The highest BCUT2D eigenvalue weighted by molar-refractivity contribution is 5.95. The Morgan fingerprint density at radius 3 is 2.44 bits per heavy atom. The summed E-state index contributed by atoms with van der Waals surface area (Å²) in [6.45, 7) is 0.149. The predicted molar refractivity (Wildman–Crippen MR) is 57.5 cm³/mol. The third-order valence-electron chi connectivity index (χ3n) is 2.07. The molecule has 0 fully saturated rings. The zero-order valence-corrected chi connectivity index (χ0v) is 8.80. The molecule has 0 saturated carbocycles. The van der Waals surface area contributed by atoms with Crippen molar-refractivity contribution in [2.75, 3.05) is 6.54 Å². The van der Waals surface area contributed by atoms with Gasteiger partial charge in [0.1, 0.15) is 6.42 Å². The molecule has 2 amide bonds. The van der Waals surface area contributed by atoms with Gasteiger partial charge in [-0.1, -0.05) is 30.3 Å². The quantitative estimate of drug-likeness (QED) is 0.427. The van der Waals surface area contributed by atoms with E-state index in [1.165, 1.54) is 0 Å². The van der Waals surface area contributed by atoms with Gasteiger partial charge < -0.3 is 5.73 Å². The van der Waals surface area contributed by atoms with Crippen LogP contribution in [0.5, 0.6) is 0 Å². The molecule has 0 bridgehead atoms. The van der Waals surface area contributed by atoms with E-state index in [1.807, 2.05) is 30.3 Å². The minimum Gasteiger partial charge on any atom is -0.369 e. The minimum absolute atomic E-state index is 0.149. The molecule has 5 heteroatoms. The lowest BCUT2D eigenvalue weighted by Crippen LogP contribution is -2.32. The summed E-state index contributed by atoms with van der Waals surface area (Å²) in [5.74, 6) is -1.42. The Hall–Kier alpha value is -1.88. The van der Waals surface area contributed by atoms with Crippen molar-refractivity contribution < 1.29 is 14.8 Å². The molecule has 5 nitrogen and oxygen atoms in total. The Bertz CT molecular complexity index is 365. The molecule has 1 rings (SSSR count). The molecule has 3 N–H and O–H groups in total. The van der Waals surface area contributed by atoms with Crippen molar-refractivity contribution in [2.45, 2.75) is 12.8 Å². The van der Waals surface area contributed by atoms with Crippen molar-refractivity contribution in [3.05, 3.63) is 35.9 Å². The van der Waals surface area contributed by atoms with Crippen LogP contribution >= 0.6 is 0 Å². The van der Waals surface area contributed by atoms with E-state index in [0.717, 1.165) is 5.56 Å². The second kappa shape index (κ2) is 5.87. The standard InChI is InChI=1S/C11H14N2O3/c12-10(14)8-11(15)13(16)7-6-9-4-2-1-3-5-9/h1-5,16H,6-8H2,(H2,12,14). The Morgan fingerprint density at radius 2 is 1.88 bits per heavy atom. The van der Waals surface area contributed by atoms with Gasteiger partial charge in [-0.05, 0) is 12.0 Å². The highest BCUT2D eigenvalue weighted by Gasteiger charge is 2.13.